The summed E-state index contributed by atoms with van der Waals surface area (Å²) in [6, 6.07) is 10.2. The van der Waals surface area contributed by atoms with Crippen molar-refractivity contribution >= 4 is 17.5 Å². The summed E-state index contributed by atoms with van der Waals surface area (Å²) in [5, 5.41) is 3.43. The molecule has 0 spiro atoms. The van der Waals surface area contributed by atoms with Gasteiger partial charge in [-0.1, -0.05) is 12.1 Å². The lowest BCUT2D eigenvalue weighted by molar-refractivity contribution is 0.181. The monoisotopic (exact) mass is 297 g/mol. The van der Waals surface area contributed by atoms with Crippen LogP contribution in [0.1, 0.15) is 24.1 Å². The number of pyridine rings is 1. The van der Waals surface area contributed by atoms with Crippen LogP contribution < -0.4 is 10.2 Å². The number of hydrogen-bond donors (Lipinski definition) is 1. The lowest BCUT2D eigenvalue weighted by Crippen LogP contribution is -2.23. The van der Waals surface area contributed by atoms with Crippen molar-refractivity contribution in [2.24, 2.45) is 0 Å². The molecule has 22 heavy (non-hydrogen) atoms. The molecule has 1 aliphatic heterocycles. The molecule has 5 heteroatoms. The maximum Gasteiger partial charge on any atom is 0.414 e. The lowest BCUT2D eigenvalue weighted by Gasteiger charge is -2.18. The van der Waals surface area contributed by atoms with Gasteiger partial charge in [-0.25, -0.2) is 4.79 Å². The fourth-order valence-corrected chi connectivity index (χ4v) is 2.54. The Bertz CT molecular complexity index is 670. The predicted octanol–water partition coefficient (Wildman–Crippen LogP) is 3.52. The third-order valence-corrected chi connectivity index (χ3v) is 3.72. The molecular formula is C17H19N3O2. The average molecular weight is 297 g/mol. The average Bonchev–Trinajstić information content (AvgIpc) is 2.93. The number of nitrogens with zero attached hydrogens (tertiary/aromatic N) is 2. The summed E-state index contributed by atoms with van der Waals surface area (Å²) in [6.45, 7) is 5.19. The Balaban J connectivity index is 1.70. The van der Waals surface area contributed by atoms with E-state index >= 15 is 0 Å². The van der Waals surface area contributed by atoms with Gasteiger partial charge >= 0.3 is 6.09 Å². The van der Waals surface area contributed by atoms with Crippen LogP contribution in [0.3, 0.4) is 0 Å². The SMILES string of the molecule is Cc1cncc(NC(C)c2ccc(N3CCOC3=O)cc2)c1. The maximum atomic E-state index is 11.6. The van der Waals surface area contributed by atoms with Gasteiger partial charge in [-0.15, -0.1) is 0 Å². The first kappa shape index (κ1) is 14.4. The minimum absolute atomic E-state index is 0.156. The van der Waals surface area contributed by atoms with Gasteiger partial charge in [0, 0.05) is 24.1 Å². The summed E-state index contributed by atoms with van der Waals surface area (Å²) >= 11 is 0. The Morgan fingerprint density at radius 3 is 2.68 bits per heavy atom. The van der Waals surface area contributed by atoms with Gasteiger partial charge in [0.2, 0.25) is 0 Å². The van der Waals surface area contributed by atoms with Crippen molar-refractivity contribution < 1.29 is 9.53 Å². The minimum atomic E-state index is -0.273. The molecule has 0 bridgehead atoms. The van der Waals surface area contributed by atoms with Crippen LogP contribution >= 0.6 is 0 Å². The molecule has 1 fully saturated rings. The standard InChI is InChI=1S/C17H19N3O2/c1-12-9-15(11-18-10-12)19-13(2)14-3-5-16(6-4-14)20-7-8-22-17(20)21/h3-6,9-11,13,19H,7-8H2,1-2H3. The molecule has 1 aromatic carbocycles. The third kappa shape index (κ3) is 3.03. The van der Waals surface area contributed by atoms with Gasteiger partial charge in [0.15, 0.2) is 0 Å². The molecule has 0 radical (unpaired) electrons. The van der Waals surface area contributed by atoms with Crippen LogP contribution in [0.2, 0.25) is 0 Å². The summed E-state index contributed by atoms with van der Waals surface area (Å²) in [4.78, 5) is 17.4. The minimum Gasteiger partial charge on any atom is -0.447 e. The van der Waals surface area contributed by atoms with E-state index in [9.17, 15) is 4.79 Å². The molecule has 1 saturated heterocycles. The number of aryl methyl sites for hydroxylation is 1. The van der Waals surface area contributed by atoms with E-state index in [0.717, 1.165) is 22.5 Å². The Morgan fingerprint density at radius 1 is 1.27 bits per heavy atom. The third-order valence-electron chi connectivity index (χ3n) is 3.72. The summed E-state index contributed by atoms with van der Waals surface area (Å²) in [5.74, 6) is 0. The number of carbonyl (C=O) groups is 1. The fourth-order valence-electron chi connectivity index (χ4n) is 2.54. The van der Waals surface area contributed by atoms with Gasteiger partial charge in [0.1, 0.15) is 6.61 Å². The summed E-state index contributed by atoms with van der Waals surface area (Å²) in [5.41, 5.74) is 4.15. The topological polar surface area (TPSA) is 54.5 Å². The molecule has 1 aliphatic rings. The normalized spacial score (nSPS) is 15.5. The number of carbonyl (C=O) groups excluding carboxylic acids is 1. The summed E-state index contributed by atoms with van der Waals surface area (Å²) in [7, 11) is 0. The second-order valence-electron chi connectivity index (χ2n) is 5.47. The largest absolute Gasteiger partial charge is 0.447 e. The molecule has 0 saturated carbocycles. The van der Waals surface area contributed by atoms with Crippen molar-refractivity contribution in [3.63, 3.8) is 0 Å². The molecule has 114 valence electrons. The van der Waals surface area contributed by atoms with Crippen LogP contribution in [0.5, 0.6) is 0 Å². The van der Waals surface area contributed by atoms with Crippen molar-refractivity contribution in [2.75, 3.05) is 23.4 Å². The zero-order valence-corrected chi connectivity index (χ0v) is 12.7. The Labute approximate surface area is 129 Å². The summed E-state index contributed by atoms with van der Waals surface area (Å²) in [6.07, 6.45) is 3.38. The highest BCUT2D eigenvalue weighted by atomic mass is 16.6. The second kappa shape index (κ2) is 6.05. The number of nitrogens with one attached hydrogen (secondary N) is 1. The van der Waals surface area contributed by atoms with Crippen molar-refractivity contribution in [2.45, 2.75) is 19.9 Å². The van der Waals surface area contributed by atoms with Crippen LogP contribution in [-0.2, 0) is 4.74 Å². The van der Waals surface area contributed by atoms with E-state index in [0.29, 0.717) is 13.2 Å². The number of hydrogen-bond acceptors (Lipinski definition) is 4. The number of ether oxygens (including phenoxy) is 1. The maximum absolute atomic E-state index is 11.6. The zero-order valence-electron chi connectivity index (χ0n) is 12.7. The van der Waals surface area contributed by atoms with E-state index in [4.69, 9.17) is 4.74 Å². The van der Waals surface area contributed by atoms with Gasteiger partial charge < -0.3 is 10.1 Å². The van der Waals surface area contributed by atoms with Crippen LogP contribution in [0.4, 0.5) is 16.2 Å². The molecular weight excluding hydrogens is 278 g/mol. The molecule has 1 atom stereocenters. The molecule has 3 rings (SSSR count). The van der Waals surface area contributed by atoms with Crippen LogP contribution in [0.15, 0.2) is 42.7 Å². The van der Waals surface area contributed by atoms with Crippen LogP contribution in [0.25, 0.3) is 0 Å². The van der Waals surface area contributed by atoms with E-state index in [1.807, 2.05) is 43.6 Å². The predicted molar refractivity (Wildman–Crippen MR) is 86.1 cm³/mol. The number of cyclic esters (lactones) is 1. The summed E-state index contributed by atoms with van der Waals surface area (Å²) < 4.78 is 4.96. The number of rotatable bonds is 4. The Morgan fingerprint density at radius 2 is 2.05 bits per heavy atom. The number of anilines is 2. The molecule has 2 heterocycles. The molecule has 2 aromatic rings. The fraction of sp³-hybridized carbons (Fsp3) is 0.294. The van der Waals surface area contributed by atoms with Gasteiger partial charge in [0.25, 0.3) is 0 Å². The Hall–Kier alpha value is -2.56. The quantitative estimate of drug-likeness (QED) is 0.938. The van der Waals surface area contributed by atoms with E-state index in [-0.39, 0.29) is 12.1 Å². The van der Waals surface area contributed by atoms with E-state index < -0.39 is 0 Å². The van der Waals surface area contributed by atoms with E-state index in [1.165, 1.54) is 0 Å². The van der Waals surface area contributed by atoms with Crippen LogP contribution in [0, 0.1) is 6.92 Å². The van der Waals surface area contributed by atoms with Gasteiger partial charge in [-0.2, -0.15) is 0 Å². The molecule has 1 N–H and O–H groups in total. The highest BCUT2D eigenvalue weighted by Crippen LogP contribution is 2.24. The molecule has 5 nitrogen and oxygen atoms in total. The van der Waals surface area contributed by atoms with Gasteiger partial charge in [0.05, 0.1) is 12.2 Å². The number of aromatic nitrogens is 1. The Kier molecular flexibility index (Phi) is 3.96. The zero-order chi connectivity index (χ0) is 15.5. The second-order valence-corrected chi connectivity index (χ2v) is 5.47. The van der Waals surface area contributed by atoms with Crippen molar-refractivity contribution in [3.8, 4) is 0 Å². The van der Waals surface area contributed by atoms with E-state index in [1.54, 1.807) is 4.90 Å². The van der Waals surface area contributed by atoms with Crippen molar-refractivity contribution in [1.29, 1.82) is 0 Å². The molecule has 1 amide bonds. The molecule has 1 aromatic heterocycles. The highest BCUT2D eigenvalue weighted by molar-refractivity contribution is 5.89. The van der Waals surface area contributed by atoms with Gasteiger partial charge in [-0.05, 0) is 43.2 Å². The van der Waals surface area contributed by atoms with Crippen LogP contribution in [-0.4, -0.2) is 24.2 Å². The lowest BCUT2D eigenvalue weighted by atomic mass is 10.1. The first-order chi connectivity index (χ1) is 10.6. The smallest absolute Gasteiger partial charge is 0.414 e. The first-order valence-electron chi connectivity index (χ1n) is 7.36. The first-order valence-corrected chi connectivity index (χ1v) is 7.36. The molecule has 0 aliphatic carbocycles. The molecule has 1 unspecified atom stereocenters. The van der Waals surface area contributed by atoms with E-state index in [2.05, 4.69) is 23.3 Å². The highest BCUT2D eigenvalue weighted by Gasteiger charge is 2.23. The van der Waals surface area contributed by atoms with Crippen molar-refractivity contribution in [1.82, 2.24) is 4.98 Å². The van der Waals surface area contributed by atoms with Gasteiger partial charge in [-0.3, -0.25) is 9.88 Å². The number of amides is 1. The van der Waals surface area contributed by atoms with Crippen molar-refractivity contribution in [3.05, 3.63) is 53.9 Å². The number of benzene rings is 1.